The third kappa shape index (κ3) is 4.96. The lowest BCUT2D eigenvalue weighted by Gasteiger charge is -2.09. The van der Waals surface area contributed by atoms with E-state index in [1.807, 2.05) is 0 Å². The maximum absolute atomic E-state index is 12.7. The van der Waals surface area contributed by atoms with Crippen LogP contribution in [-0.2, 0) is 23.9 Å². The molecular weight excluding hydrogens is 327 g/mol. The van der Waals surface area contributed by atoms with Gasteiger partial charge in [0.05, 0.1) is 6.54 Å². The van der Waals surface area contributed by atoms with Crippen molar-refractivity contribution in [3.8, 4) is 0 Å². The molecule has 130 valence electrons. The van der Waals surface area contributed by atoms with Crippen LogP contribution in [0, 0.1) is 13.8 Å². The van der Waals surface area contributed by atoms with Gasteiger partial charge in [0.1, 0.15) is 17.3 Å². The number of alkyl halides is 3. The molecule has 0 unspecified atom stereocenters. The van der Waals surface area contributed by atoms with E-state index in [0.717, 1.165) is 6.07 Å². The number of rotatable bonds is 6. The number of nitrogens with zero attached hydrogens (tertiary/aromatic N) is 6. The zero-order valence-electron chi connectivity index (χ0n) is 13.1. The van der Waals surface area contributed by atoms with Gasteiger partial charge in [0.2, 0.25) is 5.91 Å². The van der Waals surface area contributed by atoms with Gasteiger partial charge in [0.25, 0.3) is 0 Å². The number of hydrogen-bond donors (Lipinski definition) is 1. The smallest absolute Gasteiger partial charge is 0.356 e. The summed E-state index contributed by atoms with van der Waals surface area (Å²) < 4.78 is 39.5. The average Bonchev–Trinajstić information content (AvgIpc) is 2.89. The minimum Gasteiger partial charge on any atom is -0.356 e. The predicted molar refractivity (Wildman–Crippen MR) is 75.7 cm³/mol. The highest BCUT2D eigenvalue weighted by molar-refractivity contribution is 5.75. The highest BCUT2D eigenvalue weighted by atomic mass is 19.4. The Hall–Kier alpha value is -2.59. The molecular formula is C13H16F3N7O. The number of tetrazole rings is 1. The molecule has 2 heterocycles. The molecule has 0 bridgehead atoms. The first-order chi connectivity index (χ1) is 11.3. The van der Waals surface area contributed by atoms with Gasteiger partial charge in [0.15, 0.2) is 0 Å². The van der Waals surface area contributed by atoms with Gasteiger partial charge < -0.3 is 5.32 Å². The largest absolute Gasteiger partial charge is 0.433 e. The van der Waals surface area contributed by atoms with E-state index >= 15 is 0 Å². The summed E-state index contributed by atoms with van der Waals surface area (Å²) in [5.74, 6) is 0.378. The van der Waals surface area contributed by atoms with Crippen molar-refractivity contribution in [2.24, 2.45) is 0 Å². The Morgan fingerprint density at radius 1 is 1.29 bits per heavy atom. The molecule has 0 aliphatic heterocycles. The van der Waals surface area contributed by atoms with Crippen molar-refractivity contribution in [1.29, 1.82) is 0 Å². The van der Waals surface area contributed by atoms with Crippen molar-refractivity contribution < 1.29 is 18.0 Å². The van der Waals surface area contributed by atoms with Crippen LogP contribution in [0.3, 0.4) is 0 Å². The molecule has 1 N–H and O–H groups in total. The zero-order valence-corrected chi connectivity index (χ0v) is 13.1. The highest BCUT2D eigenvalue weighted by Crippen LogP contribution is 2.27. The van der Waals surface area contributed by atoms with E-state index in [1.165, 1.54) is 11.6 Å². The van der Waals surface area contributed by atoms with E-state index in [4.69, 9.17) is 0 Å². The number of halogens is 3. The second-order valence-electron chi connectivity index (χ2n) is 5.11. The maximum atomic E-state index is 12.7. The third-order valence-corrected chi connectivity index (χ3v) is 3.12. The second-order valence-corrected chi connectivity index (χ2v) is 5.11. The first-order valence-electron chi connectivity index (χ1n) is 7.17. The van der Waals surface area contributed by atoms with Gasteiger partial charge in [-0.15, -0.1) is 5.10 Å². The summed E-state index contributed by atoms with van der Waals surface area (Å²) in [6, 6.07) is 0.885. The van der Waals surface area contributed by atoms with Crippen molar-refractivity contribution in [3.63, 3.8) is 0 Å². The molecule has 24 heavy (non-hydrogen) atoms. The normalized spacial score (nSPS) is 11.5. The Morgan fingerprint density at radius 2 is 2.04 bits per heavy atom. The number of amides is 1. The lowest BCUT2D eigenvalue weighted by molar-refractivity contribution is -0.141. The number of carbonyl (C=O) groups is 1. The van der Waals surface area contributed by atoms with Gasteiger partial charge in [-0.25, -0.2) is 14.6 Å². The van der Waals surface area contributed by atoms with Crippen LogP contribution in [0.1, 0.15) is 29.5 Å². The van der Waals surface area contributed by atoms with Crippen LogP contribution >= 0.6 is 0 Å². The summed E-state index contributed by atoms with van der Waals surface area (Å²) >= 11 is 0. The van der Waals surface area contributed by atoms with Crippen LogP contribution in [-0.4, -0.2) is 42.6 Å². The number of nitrogens with one attached hydrogen (secondary N) is 1. The molecule has 0 aliphatic carbocycles. The van der Waals surface area contributed by atoms with E-state index in [9.17, 15) is 18.0 Å². The second kappa shape index (κ2) is 7.32. The molecule has 0 radical (unpaired) electrons. The number of carbonyl (C=O) groups excluding carboxylic acids is 1. The van der Waals surface area contributed by atoms with Crippen LogP contribution in [0.25, 0.3) is 0 Å². The lowest BCUT2D eigenvalue weighted by atomic mass is 10.3. The summed E-state index contributed by atoms with van der Waals surface area (Å²) in [6.45, 7) is 3.65. The first kappa shape index (κ1) is 17.8. The molecule has 0 fully saturated rings. The van der Waals surface area contributed by atoms with Gasteiger partial charge in [-0.3, -0.25) is 4.79 Å². The molecule has 0 saturated carbocycles. The van der Waals surface area contributed by atoms with Gasteiger partial charge in [-0.1, -0.05) is 0 Å². The highest BCUT2D eigenvalue weighted by Gasteiger charge is 2.33. The Morgan fingerprint density at radius 3 is 2.67 bits per heavy atom. The Labute approximate surface area is 135 Å². The van der Waals surface area contributed by atoms with E-state index < -0.39 is 11.9 Å². The van der Waals surface area contributed by atoms with Crippen molar-refractivity contribution in [3.05, 3.63) is 29.1 Å². The molecule has 2 aromatic rings. The molecule has 0 spiro atoms. The molecule has 8 nitrogen and oxygen atoms in total. The topological polar surface area (TPSA) is 98.5 Å². The van der Waals surface area contributed by atoms with Crippen LogP contribution in [0.4, 0.5) is 13.2 Å². The minimum absolute atomic E-state index is 0.0407. The fourth-order valence-corrected chi connectivity index (χ4v) is 1.95. The number of aryl methyl sites for hydroxylation is 3. The molecule has 0 atom stereocenters. The van der Waals surface area contributed by atoms with Crippen LogP contribution < -0.4 is 5.32 Å². The Bertz CT molecular complexity index is 714. The molecule has 0 aromatic carbocycles. The average molecular weight is 343 g/mol. The predicted octanol–water partition coefficient (Wildman–Crippen LogP) is 0.848. The molecule has 1 amide bonds. The fourth-order valence-electron chi connectivity index (χ4n) is 1.95. The fraction of sp³-hybridized carbons (Fsp3) is 0.538. The SMILES string of the molecule is Cc1cc(C(F)(F)F)nc(CCNC(=O)CCn2nnnc2C)n1. The summed E-state index contributed by atoms with van der Waals surface area (Å²) in [5.41, 5.74) is -0.752. The van der Waals surface area contributed by atoms with E-state index in [1.54, 1.807) is 6.92 Å². The van der Waals surface area contributed by atoms with Crippen molar-refractivity contribution in [2.75, 3.05) is 6.54 Å². The van der Waals surface area contributed by atoms with E-state index in [-0.39, 0.29) is 36.8 Å². The molecule has 2 rings (SSSR count). The third-order valence-electron chi connectivity index (χ3n) is 3.12. The van der Waals surface area contributed by atoms with E-state index in [0.29, 0.717) is 12.4 Å². The maximum Gasteiger partial charge on any atom is 0.433 e. The Balaban J connectivity index is 1.82. The van der Waals surface area contributed by atoms with Gasteiger partial charge in [-0.2, -0.15) is 13.2 Å². The summed E-state index contributed by atoms with van der Waals surface area (Å²) in [4.78, 5) is 19.2. The quantitative estimate of drug-likeness (QED) is 0.835. The van der Waals surface area contributed by atoms with E-state index in [2.05, 4.69) is 30.8 Å². The van der Waals surface area contributed by atoms with Crippen molar-refractivity contribution in [1.82, 2.24) is 35.5 Å². The lowest BCUT2D eigenvalue weighted by Crippen LogP contribution is -2.27. The van der Waals surface area contributed by atoms with Gasteiger partial charge in [0, 0.05) is 25.1 Å². The number of hydrogen-bond acceptors (Lipinski definition) is 6. The molecule has 11 heteroatoms. The van der Waals surface area contributed by atoms with Crippen LogP contribution in [0.2, 0.25) is 0 Å². The molecule has 0 saturated heterocycles. The standard InChI is InChI=1S/C13H16F3N7O/c1-8-7-10(13(14,15)16)19-11(18-8)3-5-17-12(24)4-6-23-9(2)20-21-22-23/h7H,3-6H2,1-2H3,(H,17,24). The monoisotopic (exact) mass is 343 g/mol. The first-order valence-corrected chi connectivity index (χ1v) is 7.17. The Kier molecular flexibility index (Phi) is 5.42. The number of aromatic nitrogens is 6. The zero-order chi connectivity index (χ0) is 17.7. The minimum atomic E-state index is -4.52. The summed E-state index contributed by atoms with van der Waals surface area (Å²) in [5, 5.41) is 13.5. The van der Waals surface area contributed by atoms with Crippen molar-refractivity contribution in [2.45, 2.75) is 39.4 Å². The summed E-state index contributed by atoms with van der Waals surface area (Å²) in [6.07, 6.45) is -4.25. The van der Waals surface area contributed by atoms with Gasteiger partial charge in [-0.05, 0) is 30.3 Å². The van der Waals surface area contributed by atoms with Gasteiger partial charge >= 0.3 is 6.18 Å². The van der Waals surface area contributed by atoms with Crippen molar-refractivity contribution >= 4 is 5.91 Å². The van der Waals surface area contributed by atoms with Crippen LogP contribution in [0.5, 0.6) is 0 Å². The molecule has 2 aromatic heterocycles. The summed E-state index contributed by atoms with van der Waals surface area (Å²) in [7, 11) is 0. The van der Waals surface area contributed by atoms with Crippen LogP contribution in [0.15, 0.2) is 6.07 Å². The molecule has 0 aliphatic rings.